The van der Waals surface area contributed by atoms with Gasteiger partial charge < -0.3 is 0 Å². The molecule has 46 heavy (non-hydrogen) atoms. The highest BCUT2D eigenvalue weighted by Crippen LogP contribution is 2.34. The van der Waals surface area contributed by atoms with Crippen molar-refractivity contribution in [1.29, 1.82) is 0 Å². The third kappa shape index (κ3) is 23.5. The molecule has 0 radical (unpaired) electrons. The molecule has 2 aliphatic carbocycles. The summed E-state index contributed by atoms with van der Waals surface area (Å²) in [6.07, 6.45) is 18.2. The Bertz CT molecular complexity index is 977. The summed E-state index contributed by atoms with van der Waals surface area (Å²) in [4.78, 5) is 0. The summed E-state index contributed by atoms with van der Waals surface area (Å²) in [6.45, 7) is 36.5. The Hall–Kier alpha value is -1.82. The number of hydrogen-bond acceptors (Lipinski definition) is 0. The minimum absolute atomic E-state index is 0.478. The maximum atomic E-state index is 4.11. The molecule has 0 spiro atoms. The van der Waals surface area contributed by atoms with Gasteiger partial charge in [-0.25, -0.2) is 0 Å². The SMILES string of the molecule is C=C(C)C(CC)c1cccc2ccccc12.C=C(C)CC.CC.CC(C)CC(C)CC(C)C1CCCCC1.CC1CC1.CCCC. The second kappa shape index (κ2) is 29.3. The first-order valence-corrected chi connectivity index (χ1v) is 19.7. The van der Waals surface area contributed by atoms with Crippen molar-refractivity contribution in [2.75, 3.05) is 0 Å². The zero-order valence-corrected chi connectivity index (χ0v) is 33.6. The lowest BCUT2D eigenvalue weighted by molar-refractivity contribution is 0.220. The van der Waals surface area contributed by atoms with Gasteiger partial charge in [-0.05, 0) is 85.5 Å². The van der Waals surface area contributed by atoms with Crippen molar-refractivity contribution in [2.24, 2.45) is 29.6 Å². The monoisotopic (exact) mass is 635 g/mol. The van der Waals surface area contributed by atoms with Gasteiger partial charge in [0.25, 0.3) is 0 Å². The molecule has 2 fully saturated rings. The molecule has 0 N–H and O–H groups in total. The lowest BCUT2D eigenvalue weighted by Crippen LogP contribution is -2.18. The van der Waals surface area contributed by atoms with Crippen LogP contribution in [0.2, 0.25) is 0 Å². The topological polar surface area (TPSA) is 0 Å². The smallest absolute Gasteiger partial charge is 0.00462 e. The van der Waals surface area contributed by atoms with Crippen LogP contribution in [0, 0.1) is 29.6 Å². The fourth-order valence-electron chi connectivity index (χ4n) is 5.99. The van der Waals surface area contributed by atoms with Gasteiger partial charge in [-0.15, -0.1) is 6.58 Å². The van der Waals surface area contributed by atoms with Crippen LogP contribution in [0.4, 0.5) is 0 Å². The summed E-state index contributed by atoms with van der Waals surface area (Å²) < 4.78 is 0. The average Bonchev–Trinajstić information content (AvgIpc) is 3.85. The standard InChI is InChI=1S/C16H18.C15H30.C5H10.C4H8.C4H10.C2H6/c1-4-14(12(2)3)16-11-7-9-13-8-5-6-10-15(13)16;1-12(2)10-13(3)11-14(4)15-8-6-5-7-9-15;1-4-5(2)3;1-4-2-3-4;1-3-4-2;1-2/h5-11,14H,2,4H2,1,3H3;12-15H,5-11H2,1-4H3;2,4H2,1,3H3;4H,2-3H2,1H3;3-4H2,1-2H3;1-2H3. The fraction of sp³-hybridized carbons (Fsp3) is 0.696. The Balaban J connectivity index is 0. The average molecular weight is 635 g/mol. The second-order valence-electron chi connectivity index (χ2n) is 14.7. The summed E-state index contributed by atoms with van der Waals surface area (Å²) in [5.74, 6) is 5.39. The van der Waals surface area contributed by atoms with Gasteiger partial charge in [0, 0.05) is 5.92 Å². The molecule has 0 heteroatoms. The molecule has 0 aliphatic heterocycles. The summed E-state index contributed by atoms with van der Waals surface area (Å²) >= 11 is 0. The molecule has 2 aliphatic rings. The lowest BCUT2D eigenvalue weighted by Gasteiger charge is -2.29. The van der Waals surface area contributed by atoms with E-state index in [1.54, 1.807) is 0 Å². The van der Waals surface area contributed by atoms with Crippen LogP contribution >= 0.6 is 0 Å². The number of fused-ring (bicyclic) bond motifs is 1. The van der Waals surface area contributed by atoms with Crippen molar-refractivity contribution in [1.82, 2.24) is 0 Å². The van der Waals surface area contributed by atoms with E-state index in [-0.39, 0.29) is 0 Å². The van der Waals surface area contributed by atoms with Gasteiger partial charge in [0.2, 0.25) is 0 Å². The van der Waals surface area contributed by atoms with E-state index >= 15 is 0 Å². The molecule has 3 atom stereocenters. The zero-order valence-electron chi connectivity index (χ0n) is 33.6. The molecule has 266 valence electrons. The first-order chi connectivity index (χ1) is 21.9. The molecular formula is C46H82. The van der Waals surface area contributed by atoms with Gasteiger partial charge in [0.05, 0.1) is 0 Å². The van der Waals surface area contributed by atoms with Crippen LogP contribution in [0.5, 0.6) is 0 Å². The van der Waals surface area contributed by atoms with E-state index in [0.29, 0.717) is 5.92 Å². The Labute approximate surface area is 291 Å². The van der Waals surface area contributed by atoms with Gasteiger partial charge in [0.15, 0.2) is 0 Å². The molecule has 4 rings (SSSR count). The molecule has 0 amide bonds. The Kier molecular flexibility index (Phi) is 29.5. The van der Waals surface area contributed by atoms with E-state index in [4.69, 9.17) is 0 Å². The Morgan fingerprint density at radius 1 is 0.739 bits per heavy atom. The second-order valence-corrected chi connectivity index (χ2v) is 14.7. The summed E-state index contributed by atoms with van der Waals surface area (Å²) in [5.41, 5.74) is 3.91. The van der Waals surface area contributed by atoms with Crippen molar-refractivity contribution < 1.29 is 0 Å². The number of benzene rings is 2. The molecular weight excluding hydrogens is 553 g/mol. The van der Waals surface area contributed by atoms with Gasteiger partial charge >= 0.3 is 0 Å². The van der Waals surface area contributed by atoms with Gasteiger partial charge in [-0.2, -0.15) is 0 Å². The molecule has 0 saturated heterocycles. The highest BCUT2D eigenvalue weighted by atomic mass is 14.3. The predicted molar refractivity (Wildman–Crippen MR) is 216 cm³/mol. The molecule has 2 aromatic carbocycles. The molecule has 0 heterocycles. The number of allylic oxidation sites excluding steroid dienone is 2. The van der Waals surface area contributed by atoms with Crippen molar-refractivity contribution >= 4 is 10.8 Å². The highest BCUT2D eigenvalue weighted by Gasteiger charge is 2.21. The van der Waals surface area contributed by atoms with Crippen LogP contribution in [-0.4, -0.2) is 0 Å². The minimum atomic E-state index is 0.478. The summed E-state index contributed by atoms with van der Waals surface area (Å²) in [7, 11) is 0. The minimum Gasteiger partial charge on any atom is -0.100 e. The van der Waals surface area contributed by atoms with E-state index in [1.807, 2.05) is 20.8 Å². The van der Waals surface area contributed by atoms with Crippen molar-refractivity contribution in [3.63, 3.8) is 0 Å². The van der Waals surface area contributed by atoms with Gasteiger partial charge in [-0.3, -0.25) is 0 Å². The van der Waals surface area contributed by atoms with Gasteiger partial charge in [-0.1, -0.05) is 194 Å². The van der Waals surface area contributed by atoms with E-state index < -0.39 is 0 Å². The fourth-order valence-corrected chi connectivity index (χ4v) is 5.99. The van der Waals surface area contributed by atoms with Crippen molar-refractivity contribution in [3.05, 3.63) is 72.3 Å². The van der Waals surface area contributed by atoms with Crippen LogP contribution in [0.1, 0.15) is 185 Å². The summed E-state index contributed by atoms with van der Waals surface area (Å²) in [5, 5.41) is 2.68. The van der Waals surface area contributed by atoms with E-state index in [1.165, 1.54) is 98.1 Å². The van der Waals surface area contributed by atoms with Crippen molar-refractivity contribution in [3.8, 4) is 0 Å². The largest absolute Gasteiger partial charge is 0.100 e. The first-order valence-electron chi connectivity index (χ1n) is 19.7. The highest BCUT2D eigenvalue weighted by molar-refractivity contribution is 5.86. The quantitative estimate of drug-likeness (QED) is 0.228. The molecule has 0 nitrogen and oxygen atoms in total. The maximum Gasteiger partial charge on any atom is 0.00462 e. The van der Waals surface area contributed by atoms with E-state index in [2.05, 4.69) is 125 Å². The molecule has 0 bridgehead atoms. The Morgan fingerprint density at radius 2 is 1.24 bits per heavy atom. The Morgan fingerprint density at radius 3 is 1.65 bits per heavy atom. The maximum absolute atomic E-state index is 4.11. The number of rotatable bonds is 10. The van der Waals surface area contributed by atoms with Crippen molar-refractivity contribution in [2.45, 2.75) is 179 Å². The normalized spacial score (nSPS) is 15.8. The third-order valence-corrected chi connectivity index (χ3v) is 9.27. The molecule has 2 aromatic rings. The summed E-state index contributed by atoms with van der Waals surface area (Å²) in [6, 6.07) is 15.1. The van der Waals surface area contributed by atoms with Gasteiger partial charge in [0.1, 0.15) is 0 Å². The van der Waals surface area contributed by atoms with Crippen LogP contribution in [0.3, 0.4) is 0 Å². The van der Waals surface area contributed by atoms with Crippen LogP contribution in [0.15, 0.2) is 66.8 Å². The van der Waals surface area contributed by atoms with Crippen LogP contribution < -0.4 is 0 Å². The lowest BCUT2D eigenvalue weighted by atomic mass is 9.76. The van der Waals surface area contributed by atoms with Crippen LogP contribution in [-0.2, 0) is 0 Å². The zero-order chi connectivity index (χ0) is 35.5. The number of unbranched alkanes of at least 4 members (excludes halogenated alkanes) is 1. The van der Waals surface area contributed by atoms with Crippen LogP contribution in [0.25, 0.3) is 10.8 Å². The molecule has 2 saturated carbocycles. The first kappa shape index (κ1) is 46.3. The predicted octanol–water partition coefficient (Wildman–Crippen LogP) is 16.4. The number of hydrogen-bond donors (Lipinski definition) is 0. The third-order valence-electron chi connectivity index (χ3n) is 9.27. The molecule has 3 unspecified atom stereocenters. The van der Waals surface area contributed by atoms with E-state index in [9.17, 15) is 0 Å². The molecule has 0 aromatic heterocycles. The van der Waals surface area contributed by atoms with E-state index in [0.717, 1.165) is 42.4 Å².